The molecule has 7 heteroatoms. The molecule has 1 heterocycles. The Morgan fingerprint density at radius 3 is 2.45 bits per heavy atom. The minimum Gasteiger partial charge on any atom is -0.507 e. The second kappa shape index (κ2) is 8.81. The summed E-state index contributed by atoms with van der Waals surface area (Å²) in [6.45, 7) is 4.56. The van der Waals surface area contributed by atoms with Crippen molar-refractivity contribution in [1.29, 1.82) is 0 Å². The average Bonchev–Trinajstić information content (AvgIpc) is 2.98. The van der Waals surface area contributed by atoms with E-state index in [0.29, 0.717) is 24.2 Å². The summed E-state index contributed by atoms with van der Waals surface area (Å²) in [4.78, 5) is 29.3. The number of aliphatic hydroxyl groups is 1. The number of benzene rings is 2. The van der Waals surface area contributed by atoms with E-state index in [9.17, 15) is 19.8 Å². The molecule has 3 rings (SSSR count). The summed E-state index contributed by atoms with van der Waals surface area (Å²) < 4.78 is 5.12. The lowest BCUT2D eigenvalue weighted by Gasteiger charge is -2.27. The second-order valence-corrected chi connectivity index (χ2v) is 8.05. The molecule has 1 atom stereocenters. The summed E-state index contributed by atoms with van der Waals surface area (Å²) in [6.07, 6.45) is 0. The molecule has 0 bridgehead atoms. The van der Waals surface area contributed by atoms with Crippen LogP contribution in [-0.2, 0) is 9.59 Å². The summed E-state index contributed by atoms with van der Waals surface area (Å²) in [5, 5.41) is 21.5. The van der Waals surface area contributed by atoms with Crippen molar-refractivity contribution in [1.82, 2.24) is 9.80 Å². The fourth-order valence-electron chi connectivity index (χ4n) is 3.78. The van der Waals surface area contributed by atoms with E-state index in [1.807, 2.05) is 45.0 Å². The first-order valence-corrected chi connectivity index (χ1v) is 10.0. The second-order valence-electron chi connectivity index (χ2n) is 8.05. The Kier molecular flexibility index (Phi) is 6.36. The minimum absolute atomic E-state index is 0.0158. The van der Waals surface area contributed by atoms with Crippen LogP contribution in [0.4, 0.5) is 0 Å². The maximum atomic E-state index is 13.1. The largest absolute Gasteiger partial charge is 0.507 e. The SMILES string of the molecule is COc1ccc(C2/C(=C(\O)c3cc(C)ccc3C)C(=O)C(=O)N2CCN(C)C)cc1O. The number of hydrogen-bond acceptors (Lipinski definition) is 6. The molecule has 2 N–H and O–H groups in total. The van der Waals surface area contributed by atoms with Crippen LogP contribution in [0, 0.1) is 13.8 Å². The zero-order chi connectivity index (χ0) is 22.9. The Balaban J connectivity index is 2.21. The number of ketones is 1. The van der Waals surface area contributed by atoms with Gasteiger partial charge in [-0.15, -0.1) is 0 Å². The molecule has 1 aliphatic rings. The monoisotopic (exact) mass is 424 g/mol. The number of aromatic hydroxyl groups is 1. The molecule has 31 heavy (non-hydrogen) atoms. The van der Waals surface area contributed by atoms with Crippen molar-refractivity contribution < 1.29 is 24.5 Å². The van der Waals surface area contributed by atoms with E-state index in [0.717, 1.165) is 11.1 Å². The molecular formula is C24H28N2O5. The van der Waals surface area contributed by atoms with Crippen molar-refractivity contribution in [3.8, 4) is 11.5 Å². The van der Waals surface area contributed by atoms with Gasteiger partial charge < -0.3 is 24.7 Å². The third kappa shape index (κ3) is 4.27. The highest BCUT2D eigenvalue weighted by Crippen LogP contribution is 2.42. The third-order valence-electron chi connectivity index (χ3n) is 5.49. The molecule has 0 radical (unpaired) electrons. The van der Waals surface area contributed by atoms with Gasteiger partial charge in [-0.3, -0.25) is 9.59 Å². The van der Waals surface area contributed by atoms with Crippen molar-refractivity contribution in [2.24, 2.45) is 0 Å². The summed E-state index contributed by atoms with van der Waals surface area (Å²) in [7, 11) is 5.19. The number of aliphatic hydroxyl groups excluding tert-OH is 1. The van der Waals surface area contributed by atoms with E-state index in [-0.39, 0.29) is 22.8 Å². The van der Waals surface area contributed by atoms with Gasteiger partial charge in [0.2, 0.25) is 0 Å². The number of phenols is 1. The van der Waals surface area contributed by atoms with Crippen LogP contribution < -0.4 is 4.74 Å². The van der Waals surface area contributed by atoms with Crippen LogP contribution in [0.15, 0.2) is 42.0 Å². The lowest BCUT2D eigenvalue weighted by Crippen LogP contribution is -2.35. The fraction of sp³-hybridized carbons (Fsp3) is 0.333. The number of aryl methyl sites for hydroxylation is 2. The van der Waals surface area contributed by atoms with Crippen molar-refractivity contribution in [3.05, 3.63) is 64.2 Å². The zero-order valence-corrected chi connectivity index (χ0v) is 18.5. The van der Waals surface area contributed by atoms with Gasteiger partial charge in [0.25, 0.3) is 11.7 Å². The average molecular weight is 424 g/mol. The molecular weight excluding hydrogens is 396 g/mol. The Bertz CT molecular complexity index is 1060. The predicted octanol–water partition coefficient (Wildman–Crippen LogP) is 3.00. The molecule has 1 amide bonds. The van der Waals surface area contributed by atoms with Crippen LogP contribution in [-0.4, -0.2) is 66.0 Å². The number of Topliss-reactive ketones (excluding diaryl/α,β-unsaturated/α-hetero) is 1. The highest BCUT2D eigenvalue weighted by molar-refractivity contribution is 6.46. The molecule has 7 nitrogen and oxygen atoms in total. The number of carbonyl (C=O) groups excluding carboxylic acids is 2. The molecule has 0 aliphatic carbocycles. The molecule has 164 valence electrons. The molecule has 2 aromatic rings. The van der Waals surface area contributed by atoms with E-state index in [4.69, 9.17) is 4.74 Å². The number of carbonyl (C=O) groups is 2. The van der Waals surface area contributed by atoms with Gasteiger partial charge in [-0.05, 0) is 57.3 Å². The van der Waals surface area contributed by atoms with Crippen LogP contribution in [0.5, 0.6) is 11.5 Å². The van der Waals surface area contributed by atoms with Crippen molar-refractivity contribution in [3.63, 3.8) is 0 Å². The maximum absolute atomic E-state index is 13.1. The number of hydrogen-bond donors (Lipinski definition) is 2. The van der Waals surface area contributed by atoms with Gasteiger partial charge >= 0.3 is 0 Å². The Labute approximate surface area is 182 Å². The predicted molar refractivity (Wildman–Crippen MR) is 118 cm³/mol. The van der Waals surface area contributed by atoms with Crippen LogP contribution in [0.1, 0.15) is 28.3 Å². The van der Waals surface area contributed by atoms with Crippen LogP contribution in [0.25, 0.3) is 5.76 Å². The molecule has 0 saturated carbocycles. The van der Waals surface area contributed by atoms with Crippen LogP contribution >= 0.6 is 0 Å². The highest BCUT2D eigenvalue weighted by atomic mass is 16.5. The summed E-state index contributed by atoms with van der Waals surface area (Å²) in [6, 6.07) is 9.48. The van der Waals surface area contributed by atoms with E-state index < -0.39 is 17.7 Å². The summed E-state index contributed by atoms with van der Waals surface area (Å²) in [5.74, 6) is -1.45. The van der Waals surface area contributed by atoms with Gasteiger partial charge in [0.15, 0.2) is 11.5 Å². The Morgan fingerprint density at radius 2 is 1.84 bits per heavy atom. The lowest BCUT2D eigenvalue weighted by molar-refractivity contribution is -0.140. The Hall–Kier alpha value is -3.32. The standard InChI is InChI=1S/C24H28N2O5/c1-14-6-7-15(2)17(12-14)22(28)20-21(16-8-9-19(31-5)18(27)13-16)26(11-10-25(3)4)24(30)23(20)29/h6-9,12-13,21,27-28H,10-11H2,1-5H3/b22-20+. The molecule has 1 unspecified atom stereocenters. The van der Waals surface area contributed by atoms with Crippen molar-refractivity contribution in [2.45, 2.75) is 19.9 Å². The van der Waals surface area contributed by atoms with E-state index in [1.54, 1.807) is 18.2 Å². The summed E-state index contributed by atoms with van der Waals surface area (Å²) in [5.41, 5.74) is 2.75. The van der Waals surface area contributed by atoms with Crippen molar-refractivity contribution >= 4 is 17.4 Å². The summed E-state index contributed by atoms with van der Waals surface area (Å²) >= 11 is 0. The van der Waals surface area contributed by atoms with Gasteiger partial charge in [-0.25, -0.2) is 0 Å². The third-order valence-corrected chi connectivity index (χ3v) is 5.49. The molecule has 1 fully saturated rings. The fourth-order valence-corrected chi connectivity index (χ4v) is 3.78. The van der Waals surface area contributed by atoms with Gasteiger partial charge in [0, 0.05) is 18.7 Å². The topological polar surface area (TPSA) is 90.3 Å². The van der Waals surface area contributed by atoms with Gasteiger partial charge in [-0.2, -0.15) is 0 Å². The molecule has 2 aromatic carbocycles. The van der Waals surface area contributed by atoms with Crippen LogP contribution in [0.3, 0.4) is 0 Å². The molecule has 1 aliphatic heterocycles. The number of rotatable bonds is 6. The molecule has 1 saturated heterocycles. The van der Waals surface area contributed by atoms with Gasteiger partial charge in [0.1, 0.15) is 5.76 Å². The smallest absolute Gasteiger partial charge is 0.295 e. The van der Waals surface area contributed by atoms with Crippen molar-refractivity contribution in [2.75, 3.05) is 34.3 Å². The first-order valence-electron chi connectivity index (χ1n) is 10.0. The molecule has 0 spiro atoms. The number of ether oxygens (including phenoxy) is 1. The van der Waals surface area contributed by atoms with Gasteiger partial charge in [-0.1, -0.05) is 23.8 Å². The first-order chi connectivity index (χ1) is 14.6. The Morgan fingerprint density at radius 1 is 1.13 bits per heavy atom. The van der Waals surface area contributed by atoms with Crippen LogP contribution in [0.2, 0.25) is 0 Å². The number of phenolic OH excluding ortho intramolecular Hbond substituents is 1. The number of methoxy groups -OCH3 is 1. The number of amides is 1. The quantitative estimate of drug-likeness (QED) is 0.421. The van der Waals surface area contributed by atoms with Gasteiger partial charge in [0.05, 0.1) is 18.7 Å². The molecule has 0 aromatic heterocycles. The minimum atomic E-state index is -0.823. The van der Waals surface area contributed by atoms with E-state index in [2.05, 4.69) is 0 Å². The maximum Gasteiger partial charge on any atom is 0.295 e. The highest BCUT2D eigenvalue weighted by Gasteiger charge is 2.46. The van der Waals surface area contributed by atoms with E-state index >= 15 is 0 Å². The number of likely N-dealkylation sites (N-methyl/N-ethyl adjacent to an activating group) is 1. The zero-order valence-electron chi connectivity index (χ0n) is 18.5. The normalized spacial score (nSPS) is 18.1. The van der Waals surface area contributed by atoms with E-state index in [1.165, 1.54) is 18.1 Å². The number of likely N-dealkylation sites (tertiary alicyclic amines) is 1. The lowest BCUT2D eigenvalue weighted by atomic mass is 9.93. The first kappa shape index (κ1) is 22.4. The number of nitrogens with zero attached hydrogens (tertiary/aromatic N) is 2.